The lowest BCUT2D eigenvalue weighted by atomic mass is 9.74. The molecule has 0 aliphatic carbocycles. The Morgan fingerprint density at radius 2 is 2.00 bits per heavy atom. The fourth-order valence-corrected chi connectivity index (χ4v) is 3.58. The predicted molar refractivity (Wildman–Crippen MR) is 115 cm³/mol. The first-order valence-electron chi connectivity index (χ1n) is 8.08. The van der Waals surface area contributed by atoms with Gasteiger partial charge >= 0.3 is 0 Å². The smallest absolute Gasteiger partial charge is 0.191 e. The number of benzene rings is 1. The molecule has 1 fully saturated rings. The van der Waals surface area contributed by atoms with Crippen LogP contribution in [0.4, 0.5) is 0 Å². The molecule has 0 saturated carbocycles. The van der Waals surface area contributed by atoms with Gasteiger partial charge in [-0.15, -0.1) is 24.0 Å². The molecule has 0 radical (unpaired) electrons. The van der Waals surface area contributed by atoms with Crippen LogP contribution in [-0.2, 0) is 14.9 Å². The van der Waals surface area contributed by atoms with Crippen molar-refractivity contribution in [3.8, 4) is 0 Å². The predicted octanol–water partition coefficient (Wildman–Crippen LogP) is 3.47. The second-order valence-corrected chi connectivity index (χ2v) is 6.71. The van der Waals surface area contributed by atoms with Gasteiger partial charge in [0.25, 0.3) is 0 Å². The number of halogens is 3. The molecule has 0 amide bonds. The van der Waals surface area contributed by atoms with Crippen molar-refractivity contribution in [3.05, 3.63) is 33.8 Å². The highest BCUT2D eigenvalue weighted by Crippen LogP contribution is 2.39. The van der Waals surface area contributed by atoms with Crippen LogP contribution < -0.4 is 10.6 Å². The molecule has 0 spiro atoms. The van der Waals surface area contributed by atoms with E-state index in [1.165, 1.54) is 0 Å². The molecule has 1 saturated heterocycles. The Hall–Kier alpha value is -0.280. The maximum atomic E-state index is 6.49. The highest BCUT2D eigenvalue weighted by Gasteiger charge is 2.36. The molecular formula is C17H26Cl2IN3O2. The van der Waals surface area contributed by atoms with Crippen LogP contribution >= 0.6 is 47.2 Å². The average Bonchev–Trinajstić information content (AvgIpc) is 2.58. The molecule has 8 heteroatoms. The van der Waals surface area contributed by atoms with Gasteiger partial charge in [-0.05, 0) is 30.5 Å². The first-order chi connectivity index (χ1) is 11.6. The van der Waals surface area contributed by atoms with Gasteiger partial charge in [0.2, 0.25) is 0 Å². The molecule has 0 unspecified atom stereocenters. The molecule has 1 aliphatic heterocycles. The number of hydrogen-bond donors (Lipinski definition) is 2. The number of guanidine groups is 1. The minimum absolute atomic E-state index is 0. The van der Waals surface area contributed by atoms with Gasteiger partial charge in [0, 0.05) is 55.9 Å². The van der Waals surface area contributed by atoms with Crippen molar-refractivity contribution >= 4 is 53.1 Å². The molecule has 1 aromatic carbocycles. The number of ether oxygens (including phenoxy) is 2. The van der Waals surface area contributed by atoms with Gasteiger partial charge < -0.3 is 20.1 Å². The first kappa shape index (κ1) is 22.8. The third-order valence-corrected chi connectivity index (χ3v) is 4.92. The van der Waals surface area contributed by atoms with Crippen LogP contribution in [0.2, 0.25) is 10.0 Å². The lowest BCUT2D eigenvalue weighted by Crippen LogP contribution is -2.48. The highest BCUT2D eigenvalue weighted by atomic mass is 127. The van der Waals surface area contributed by atoms with Crippen LogP contribution in [0, 0.1) is 0 Å². The Kier molecular flexibility index (Phi) is 10.4. The van der Waals surface area contributed by atoms with Crippen molar-refractivity contribution in [1.82, 2.24) is 10.6 Å². The number of methoxy groups -OCH3 is 1. The van der Waals surface area contributed by atoms with E-state index in [-0.39, 0.29) is 29.4 Å². The molecule has 0 aromatic heterocycles. The Morgan fingerprint density at radius 3 is 2.60 bits per heavy atom. The van der Waals surface area contributed by atoms with Crippen molar-refractivity contribution in [3.63, 3.8) is 0 Å². The number of nitrogens with one attached hydrogen (secondary N) is 2. The molecule has 1 aliphatic rings. The maximum Gasteiger partial charge on any atom is 0.191 e. The zero-order chi connectivity index (χ0) is 17.4. The van der Waals surface area contributed by atoms with Gasteiger partial charge in [0.1, 0.15) is 0 Å². The average molecular weight is 502 g/mol. The minimum Gasteiger partial charge on any atom is -0.383 e. The lowest BCUT2D eigenvalue weighted by molar-refractivity contribution is 0.0514. The fourth-order valence-electron chi connectivity index (χ4n) is 2.97. The molecule has 2 rings (SSSR count). The molecule has 1 heterocycles. The minimum atomic E-state index is -0.0984. The second-order valence-electron chi connectivity index (χ2n) is 5.86. The summed E-state index contributed by atoms with van der Waals surface area (Å²) >= 11 is 12.5. The van der Waals surface area contributed by atoms with E-state index in [4.69, 9.17) is 32.7 Å². The number of hydrogen-bond acceptors (Lipinski definition) is 3. The van der Waals surface area contributed by atoms with Crippen molar-refractivity contribution < 1.29 is 9.47 Å². The quantitative estimate of drug-likeness (QED) is 0.271. The van der Waals surface area contributed by atoms with Crippen molar-refractivity contribution in [1.29, 1.82) is 0 Å². The van der Waals surface area contributed by atoms with Gasteiger partial charge in [-0.1, -0.05) is 29.3 Å². The summed E-state index contributed by atoms with van der Waals surface area (Å²) in [5.74, 6) is 0.753. The molecule has 25 heavy (non-hydrogen) atoms. The third kappa shape index (κ3) is 6.43. The van der Waals surface area contributed by atoms with E-state index in [1.807, 2.05) is 12.1 Å². The summed E-state index contributed by atoms with van der Waals surface area (Å²) in [4.78, 5) is 4.26. The summed E-state index contributed by atoms with van der Waals surface area (Å²) in [6.07, 6.45) is 1.80. The van der Waals surface area contributed by atoms with E-state index in [0.717, 1.165) is 44.1 Å². The van der Waals surface area contributed by atoms with Crippen LogP contribution in [0.5, 0.6) is 0 Å². The SMILES string of the molecule is CN=C(NCCOC)NCC1(c2ccc(Cl)cc2Cl)CCOCC1.I. The van der Waals surface area contributed by atoms with E-state index in [1.54, 1.807) is 20.2 Å². The molecule has 1 aromatic rings. The van der Waals surface area contributed by atoms with Gasteiger partial charge in [-0.25, -0.2) is 0 Å². The summed E-state index contributed by atoms with van der Waals surface area (Å²) in [6.45, 7) is 3.49. The summed E-state index contributed by atoms with van der Waals surface area (Å²) in [7, 11) is 3.44. The molecule has 0 atom stereocenters. The Morgan fingerprint density at radius 1 is 1.28 bits per heavy atom. The van der Waals surface area contributed by atoms with E-state index >= 15 is 0 Å². The molecular weight excluding hydrogens is 476 g/mol. The van der Waals surface area contributed by atoms with Crippen LogP contribution in [0.15, 0.2) is 23.2 Å². The van der Waals surface area contributed by atoms with Crippen LogP contribution in [0.25, 0.3) is 0 Å². The summed E-state index contributed by atoms with van der Waals surface area (Å²) < 4.78 is 10.6. The van der Waals surface area contributed by atoms with E-state index in [9.17, 15) is 0 Å². The summed E-state index contributed by atoms with van der Waals surface area (Å²) in [6, 6.07) is 5.73. The second kappa shape index (κ2) is 11.4. The standard InChI is InChI=1S/C17H25Cl2N3O2.HI/c1-20-16(21-7-10-23-2)22-12-17(5-8-24-9-6-17)14-4-3-13(18)11-15(14)19;/h3-4,11H,5-10,12H2,1-2H3,(H2,20,21,22);1H. The third-order valence-electron chi connectivity index (χ3n) is 4.37. The maximum absolute atomic E-state index is 6.49. The van der Waals surface area contributed by atoms with Gasteiger partial charge in [-0.2, -0.15) is 0 Å². The Balaban J connectivity index is 0.00000312. The van der Waals surface area contributed by atoms with Crippen LogP contribution in [0.3, 0.4) is 0 Å². The highest BCUT2D eigenvalue weighted by molar-refractivity contribution is 14.0. The number of rotatable bonds is 6. The Labute approximate surface area is 176 Å². The van der Waals surface area contributed by atoms with E-state index < -0.39 is 0 Å². The van der Waals surface area contributed by atoms with E-state index in [0.29, 0.717) is 23.2 Å². The van der Waals surface area contributed by atoms with Gasteiger partial charge in [0.05, 0.1) is 6.61 Å². The Bertz CT molecular complexity index is 567. The topological polar surface area (TPSA) is 54.9 Å². The summed E-state index contributed by atoms with van der Waals surface area (Å²) in [5, 5.41) is 8.00. The largest absolute Gasteiger partial charge is 0.383 e. The zero-order valence-electron chi connectivity index (χ0n) is 14.6. The van der Waals surface area contributed by atoms with Crippen LogP contribution in [0.1, 0.15) is 18.4 Å². The number of nitrogens with zero attached hydrogens (tertiary/aromatic N) is 1. The monoisotopic (exact) mass is 501 g/mol. The van der Waals surface area contributed by atoms with Crippen molar-refractivity contribution in [2.24, 2.45) is 4.99 Å². The fraction of sp³-hybridized carbons (Fsp3) is 0.588. The van der Waals surface area contributed by atoms with Crippen molar-refractivity contribution in [2.45, 2.75) is 18.3 Å². The van der Waals surface area contributed by atoms with Crippen molar-refractivity contribution in [2.75, 3.05) is 47.1 Å². The lowest BCUT2D eigenvalue weighted by Gasteiger charge is -2.38. The zero-order valence-corrected chi connectivity index (χ0v) is 18.5. The van der Waals surface area contributed by atoms with E-state index in [2.05, 4.69) is 15.6 Å². The molecule has 5 nitrogen and oxygen atoms in total. The van der Waals surface area contributed by atoms with Gasteiger partial charge in [-0.3, -0.25) is 4.99 Å². The van der Waals surface area contributed by atoms with Gasteiger partial charge in [0.15, 0.2) is 5.96 Å². The first-order valence-corrected chi connectivity index (χ1v) is 8.83. The molecule has 0 bridgehead atoms. The molecule has 2 N–H and O–H groups in total. The molecule has 142 valence electrons. The van der Waals surface area contributed by atoms with Crippen LogP contribution in [-0.4, -0.2) is 53.0 Å². The summed E-state index contributed by atoms with van der Waals surface area (Å²) in [5.41, 5.74) is 1.01. The normalized spacial score (nSPS) is 16.9. The number of aliphatic imine (C=N–C) groups is 1.